The maximum Gasteiger partial charge on any atom is 0.401 e. The first-order valence-corrected chi connectivity index (χ1v) is 8.30. The van der Waals surface area contributed by atoms with Gasteiger partial charge in [-0.1, -0.05) is 12.1 Å². The quantitative estimate of drug-likeness (QED) is 0.827. The number of hydrogen-bond acceptors (Lipinski definition) is 3. The van der Waals surface area contributed by atoms with Crippen LogP contribution in [0.25, 0.3) is 0 Å². The van der Waals surface area contributed by atoms with Crippen LogP contribution in [0.1, 0.15) is 40.9 Å². The molecule has 6 heteroatoms. The molecule has 2 aromatic rings. The summed E-state index contributed by atoms with van der Waals surface area (Å²) in [4.78, 5) is 5.92. The Morgan fingerprint density at radius 2 is 1.92 bits per heavy atom. The Morgan fingerprint density at radius 3 is 2.52 bits per heavy atom. The van der Waals surface area contributed by atoms with Crippen LogP contribution >= 0.6 is 0 Å². The summed E-state index contributed by atoms with van der Waals surface area (Å²) in [5, 5.41) is 0. The van der Waals surface area contributed by atoms with E-state index in [4.69, 9.17) is 5.73 Å². The van der Waals surface area contributed by atoms with E-state index >= 15 is 0 Å². The number of nitrogen functional groups attached to an aromatic ring is 1. The van der Waals surface area contributed by atoms with Gasteiger partial charge in [0, 0.05) is 17.9 Å². The molecule has 134 valence electrons. The number of hydrogen-bond donors (Lipinski definition) is 1. The summed E-state index contributed by atoms with van der Waals surface area (Å²) in [7, 11) is 0. The number of halogens is 3. The molecule has 2 heterocycles. The molecule has 1 aromatic heterocycles. The lowest BCUT2D eigenvalue weighted by molar-refractivity contribution is -0.155. The van der Waals surface area contributed by atoms with Crippen molar-refractivity contribution in [2.75, 3.05) is 12.3 Å². The standard InChI is InChI=1S/C19H22F3N3/c1-11-4-7-17(24-9-11)18-14-5-6-16(23)13(3)15(14)8-12(2)25(18)10-19(20,21)22/h4-7,9,12,18H,8,10,23H2,1-3H3/t12-,18+/m1/s1. The second kappa shape index (κ2) is 6.33. The zero-order chi connectivity index (χ0) is 18.4. The van der Waals surface area contributed by atoms with Crippen LogP contribution in [0.2, 0.25) is 0 Å². The third-order valence-corrected chi connectivity index (χ3v) is 4.94. The SMILES string of the molecule is Cc1ccc([C@@H]2c3ccc(N)c(C)c3C[C@@H](C)N2CC(F)(F)F)nc1. The van der Waals surface area contributed by atoms with Crippen LogP contribution in [0.5, 0.6) is 0 Å². The lowest BCUT2D eigenvalue weighted by Gasteiger charge is -2.42. The number of aromatic nitrogens is 1. The molecule has 0 saturated carbocycles. The van der Waals surface area contributed by atoms with E-state index in [0.717, 1.165) is 22.3 Å². The molecule has 0 amide bonds. The molecule has 1 aromatic carbocycles. The molecule has 0 radical (unpaired) electrons. The zero-order valence-corrected chi connectivity index (χ0v) is 14.6. The smallest absolute Gasteiger partial charge is 0.399 e. The third kappa shape index (κ3) is 3.49. The molecule has 2 N–H and O–H groups in total. The molecular formula is C19H22F3N3. The van der Waals surface area contributed by atoms with E-state index in [1.807, 2.05) is 39.0 Å². The summed E-state index contributed by atoms with van der Waals surface area (Å²) in [6, 6.07) is 6.53. The number of alkyl halides is 3. The van der Waals surface area contributed by atoms with Gasteiger partial charge >= 0.3 is 6.18 Å². The fraction of sp³-hybridized carbons (Fsp3) is 0.421. The molecule has 3 rings (SSSR count). The Labute approximate surface area is 145 Å². The highest BCUT2D eigenvalue weighted by Gasteiger charge is 2.41. The van der Waals surface area contributed by atoms with Crippen molar-refractivity contribution in [2.45, 2.75) is 45.5 Å². The van der Waals surface area contributed by atoms with Gasteiger partial charge in [0.05, 0.1) is 18.3 Å². The second-order valence-corrected chi connectivity index (χ2v) is 6.85. The number of nitrogens with two attached hydrogens (primary N) is 1. The number of rotatable bonds is 2. The summed E-state index contributed by atoms with van der Waals surface area (Å²) < 4.78 is 39.6. The Bertz CT molecular complexity index is 769. The van der Waals surface area contributed by atoms with Crippen LogP contribution in [0, 0.1) is 13.8 Å². The number of anilines is 1. The van der Waals surface area contributed by atoms with E-state index in [9.17, 15) is 13.2 Å². The van der Waals surface area contributed by atoms with Crippen molar-refractivity contribution >= 4 is 5.69 Å². The summed E-state index contributed by atoms with van der Waals surface area (Å²) in [5.41, 5.74) is 11.2. The summed E-state index contributed by atoms with van der Waals surface area (Å²) in [6.07, 6.45) is -2.02. The Balaban J connectivity index is 2.16. The maximum absolute atomic E-state index is 13.2. The predicted molar refractivity (Wildman–Crippen MR) is 92.3 cm³/mol. The molecule has 1 aliphatic heterocycles. The van der Waals surface area contributed by atoms with Crippen LogP contribution in [0.4, 0.5) is 18.9 Å². The van der Waals surface area contributed by atoms with E-state index in [2.05, 4.69) is 4.98 Å². The van der Waals surface area contributed by atoms with Gasteiger partial charge in [0.25, 0.3) is 0 Å². The van der Waals surface area contributed by atoms with Crippen LogP contribution in [-0.2, 0) is 6.42 Å². The molecule has 0 saturated heterocycles. The van der Waals surface area contributed by atoms with Gasteiger partial charge in [-0.15, -0.1) is 0 Å². The van der Waals surface area contributed by atoms with Crippen molar-refractivity contribution in [3.63, 3.8) is 0 Å². The van der Waals surface area contributed by atoms with Crippen LogP contribution < -0.4 is 5.73 Å². The van der Waals surface area contributed by atoms with E-state index < -0.39 is 18.8 Å². The second-order valence-electron chi connectivity index (χ2n) is 6.85. The first kappa shape index (κ1) is 17.7. The number of aryl methyl sites for hydroxylation is 1. The first-order valence-electron chi connectivity index (χ1n) is 8.30. The van der Waals surface area contributed by atoms with Crippen molar-refractivity contribution in [3.8, 4) is 0 Å². The van der Waals surface area contributed by atoms with Crippen LogP contribution in [-0.4, -0.2) is 28.6 Å². The lowest BCUT2D eigenvalue weighted by Crippen LogP contribution is -2.47. The molecule has 0 aliphatic carbocycles. The van der Waals surface area contributed by atoms with Gasteiger partial charge < -0.3 is 5.73 Å². The number of nitrogens with zero attached hydrogens (tertiary/aromatic N) is 2. The maximum atomic E-state index is 13.2. The van der Waals surface area contributed by atoms with Gasteiger partial charge in [0.1, 0.15) is 0 Å². The van der Waals surface area contributed by atoms with Gasteiger partial charge in [-0.3, -0.25) is 9.88 Å². The highest BCUT2D eigenvalue weighted by molar-refractivity contribution is 5.56. The molecule has 0 unspecified atom stereocenters. The van der Waals surface area contributed by atoms with Gasteiger partial charge in [0.2, 0.25) is 0 Å². The fourth-order valence-corrected chi connectivity index (χ4v) is 3.59. The Morgan fingerprint density at radius 1 is 1.20 bits per heavy atom. The number of pyridine rings is 1. The van der Waals surface area contributed by atoms with E-state index in [1.165, 1.54) is 4.90 Å². The average molecular weight is 349 g/mol. The first-order chi connectivity index (χ1) is 11.7. The molecule has 2 atom stereocenters. The molecule has 0 fully saturated rings. The van der Waals surface area contributed by atoms with Crippen molar-refractivity contribution in [1.29, 1.82) is 0 Å². The van der Waals surface area contributed by atoms with Crippen molar-refractivity contribution in [3.05, 3.63) is 58.4 Å². The number of benzene rings is 1. The van der Waals surface area contributed by atoms with Crippen molar-refractivity contribution in [1.82, 2.24) is 9.88 Å². The monoisotopic (exact) mass is 349 g/mol. The van der Waals surface area contributed by atoms with E-state index in [1.54, 1.807) is 12.3 Å². The van der Waals surface area contributed by atoms with E-state index in [-0.39, 0.29) is 6.04 Å². The highest BCUT2D eigenvalue weighted by Crippen LogP contribution is 2.41. The minimum atomic E-state index is -4.27. The van der Waals surface area contributed by atoms with Gasteiger partial charge in [-0.05, 0) is 61.6 Å². The third-order valence-electron chi connectivity index (χ3n) is 4.94. The molecular weight excluding hydrogens is 327 g/mol. The molecule has 1 aliphatic rings. The van der Waals surface area contributed by atoms with E-state index in [0.29, 0.717) is 17.8 Å². The number of fused-ring (bicyclic) bond motifs is 1. The molecule has 3 nitrogen and oxygen atoms in total. The van der Waals surface area contributed by atoms with Gasteiger partial charge in [0.15, 0.2) is 0 Å². The highest BCUT2D eigenvalue weighted by atomic mass is 19.4. The van der Waals surface area contributed by atoms with Gasteiger partial charge in [-0.2, -0.15) is 13.2 Å². The normalized spacial score (nSPS) is 21.2. The minimum absolute atomic E-state index is 0.261. The summed E-state index contributed by atoms with van der Waals surface area (Å²) in [6.45, 7) is 4.71. The van der Waals surface area contributed by atoms with Crippen LogP contribution in [0.3, 0.4) is 0 Å². The lowest BCUT2D eigenvalue weighted by atomic mass is 9.84. The summed E-state index contributed by atoms with van der Waals surface area (Å²) in [5.74, 6) is 0. The molecule has 0 spiro atoms. The Hall–Kier alpha value is -2.08. The summed E-state index contributed by atoms with van der Waals surface area (Å²) >= 11 is 0. The topological polar surface area (TPSA) is 42.1 Å². The fourth-order valence-electron chi connectivity index (χ4n) is 3.59. The van der Waals surface area contributed by atoms with Crippen LogP contribution in [0.15, 0.2) is 30.5 Å². The average Bonchev–Trinajstić information content (AvgIpc) is 2.52. The van der Waals surface area contributed by atoms with Gasteiger partial charge in [-0.25, -0.2) is 0 Å². The molecule has 0 bridgehead atoms. The van der Waals surface area contributed by atoms with Crippen molar-refractivity contribution in [2.24, 2.45) is 0 Å². The molecule has 25 heavy (non-hydrogen) atoms. The minimum Gasteiger partial charge on any atom is -0.399 e. The van der Waals surface area contributed by atoms with Crippen molar-refractivity contribution < 1.29 is 13.2 Å². The Kier molecular flexibility index (Phi) is 4.49. The zero-order valence-electron chi connectivity index (χ0n) is 14.6. The predicted octanol–water partition coefficient (Wildman–Crippen LogP) is 4.18. The largest absolute Gasteiger partial charge is 0.401 e.